The molecule has 0 saturated carbocycles. The van der Waals surface area contributed by atoms with Crippen LogP contribution in [0, 0.1) is 0 Å². The number of hydrogen-bond acceptors (Lipinski definition) is 0. The van der Waals surface area contributed by atoms with Crippen molar-refractivity contribution in [1.82, 2.24) is 0 Å². The Morgan fingerprint density at radius 3 is 0.344 bits per heavy atom. The summed E-state index contributed by atoms with van der Waals surface area (Å²) < 4.78 is 0. The lowest BCUT2D eigenvalue weighted by Gasteiger charge is -2.20. The molecule has 0 bridgehead atoms. The van der Waals surface area contributed by atoms with Crippen molar-refractivity contribution < 1.29 is 0 Å². The Morgan fingerprint density at radius 1 is 0.156 bits per heavy atom. The maximum atomic E-state index is 2.30. The molecule has 0 spiro atoms. The highest BCUT2D eigenvalue weighted by molar-refractivity contribution is 6.44. The number of rotatable bonds is 0. The highest BCUT2D eigenvalue weighted by Gasteiger charge is 2.19. The Labute approximate surface area is 183 Å². The third kappa shape index (κ3) is 1.60. The first kappa shape index (κ1) is 15.6. The Kier molecular flexibility index (Phi) is 2.44. The van der Waals surface area contributed by atoms with Crippen molar-refractivity contribution in [3.63, 3.8) is 0 Å². The summed E-state index contributed by atoms with van der Waals surface area (Å²) in [7, 11) is 0. The van der Waals surface area contributed by atoms with E-state index < -0.39 is 0 Å². The van der Waals surface area contributed by atoms with Crippen LogP contribution in [0.25, 0.3) is 86.2 Å². The normalized spacial score (nSPS) is 13.0. The Balaban J connectivity index is 1.91. The first-order chi connectivity index (χ1) is 15.9. The summed E-state index contributed by atoms with van der Waals surface area (Å²) in [5.41, 5.74) is 0. The molecule has 32 heavy (non-hydrogen) atoms. The molecule has 0 aromatic heterocycles. The molecule has 0 aliphatic rings. The van der Waals surface area contributed by atoms with Gasteiger partial charge in [0, 0.05) is 0 Å². The van der Waals surface area contributed by atoms with E-state index in [0.29, 0.717) is 0 Å². The fourth-order valence-electron chi connectivity index (χ4n) is 6.52. The van der Waals surface area contributed by atoms with Crippen LogP contribution < -0.4 is 0 Å². The second-order valence-electron chi connectivity index (χ2n) is 9.31. The van der Waals surface area contributed by atoms with Gasteiger partial charge in [-0.15, -0.1) is 0 Å². The fourth-order valence-corrected chi connectivity index (χ4v) is 6.52. The van der Waals surface area contributed by atoms with E-state index in [1.807, 2.05) is 0 Å². The van der Waals surface area contributed by atoms with Gasteiger partial charge in [0.15, 0.2) is 0 Å². The molecule has 0 unspecified atom stereocenters. The zero-order chi connectivity index (χ0) is 20.6. The summed E-state index contributed by atoms with van der Waals surface area (Å²) >= 11 is 0. The summed E-state index contributed by atoms with van der Waals surface area (Å²) in [5.74, 6) is 0. The van der Waals surface area contributed by atoms with Crippen LogP contribution in [0.5, 0.6) is 0 Å². The predicted octanol–water partition coefficient (Wildman–Crippen LogP) is 9.23. The van der Waals surface area contributed by atoms with Gasteiger partial charge in [-0.2, -0.15) is 0 Å². The van der Waals surface area contributed by atoms with Crippen LogP contribution in [0.2, 0.25) is 0 Å². The number of hydrogen-bond donors (Lipinski definition) is 0. The van der Waals surface area contributed by atoms with Gasteiger partial charge in [-0.1, -0.05) is 97.1 Å². The number of benzene rings is 8. The second-order valence-corrected chi connectivity index (χ2v) is 9.31. The quantitative estimate of drug-likeness (QED) is 0.223. The minimum atomic E-state index is 1.32. The molecule has 144 valence electrons. The molecule has 0 fully saturated rings. The SMILES string of the molecule is c1cc2ccc3ccc4ccc5ccc6ccc7ccc8ccc1c1c2c3c4c5c6c7c81. The van der Waals surface area contributed by atoms with Crippen LogP contribution in [0.1, 0.15) is 0 Å². The van der Waals surface area contributed by atoms with Crippen molar-refractivity contribution in [2.24, 2.45) is 0 Å². The lowest BCUT2D eigenvalue weighted by molar-refractivity contribution is 1.80. The van der Waals surface area contributed by atoms with Crippen LogP contribution >= 0.6 is 0 Å². The maximum absolute atomic E-state index is 2.30. The van der Waals surface area contributed by atoms with E-state index in [4.69, 9.17) is 0 Å². The Bertz CT molecular complexity index is 1590. The monoisotopic (exact) mass is 400 g/mol. The van der Waals surface area contributed by atoms with Gasteiger partial charge in [0.05, 0.1) is 0 Å². The van der Waals surface area contributed by atoms with Gasteiger partial charge in [0.2, 0.25) is 0 Å². The summed E-state index contributed by atoms with van der Waals surface area (Å²) in [6.45, 7) is 0. The molecular weight excluding hydrogens is 384 g/mol. The molecule has 9 aromatic carbocycles. The molecule has 0 saturated heterocycles. The van der Waals surface area contributed by atoms with E-state index in [0.717, 1.165) is 0 Å². The van der Waals surface area contributed by atoms with E-state index in [1.165, 1.54) is 86.2 Å². The van der Waals surface area contributed by atoms with Crippen molar-refractivity contribution in [2.45, 2.75) is 0 Å². The van der Waals surface area contributed by atoms with Crippen LogP contribution in [0.15, 0.2) is 97.1 Å². The van der Waals surface area contributed by atoms with E-state index in [9.17, 15) is 0 Å². The topological polar surface area (TPSA) is 0 Å². The largest absolute Gasteiger partial charge is 0.0537 e. The Morgan fingerprint density at radius 2 is 0.250 bits per heavy atom. The lowest BCUT2D eigenvalue weighted by atomic mass is 9.83. The van der Waals surface area contributed by atoms with Crippen LogP contribution in [0.3, 0.4) is 0 Å². The molecule has 0 aliphatic heterocycles. The third-order valence-electron chi connectivity index (χ3n) is 7.85. The molecular formula is C32H16. The van der Waals surface area contributed by atoms with Gasteiger partial charge in [0.1, 0.15) is 0 Å². The Hall–Kier alpha value is -4.16. The zero-order valence-electron chi connectivity index (χ0n) is 17.2. The zero-order valence-corrected chi connectivity index (χ0v) is 17.2. The molecule has 0 nitrogen and oxygen atoms in total. The third-order valence-corrected chi connectivity index (χ3v) is 7.85. The molecule has 9 aromatic rings. The second kappa shape index (κ2) is 5.00. The van der Waals surface area contributed by atoms with E-state index in [1.54, 1.807) is 0 Å². The smallest absolute Gasteiger partial charge is 0.00139 e. The highest BCUT2D eigenvalue weighted by Crippen LogP contribution is 2.48. The van der Waals surface area contributed by atoms with Crippen molar-refractivity contribution >= 4 is 86.2 Å². The summed E-state index contributed by atoms with van der Waals surface area (Å²) in [6, 6.07) is 36.8. The van der Waals surface area contributed by atoms with Crippen LogP contribution in [-0.2, 0) is 0 Å². The molecule has 0 heterocycles. The van der Waals surface area contributed by atoms with E-state index in [2.05, 4.69) is 97.1 Å². The van der Waals surface area contributed by atoms with Gasteiger partial charge in [-0.3, -0.25) is 0 Å². The molecule has 0 atom stereocenters. The highest BCUT2D eigenvalue weighted by atomic mass is 14.2. The van der Waals surface area contributed by atoms with Crippen LogP contribution in [-0.4, -0.2) is 0 Å². The first-order valence-corrected chi connectivity index (χ1v) is 11.3. The van der Waals surface area contributed by atoms with Gasteiger partial charge in [-0.05, 0) is 86.2 Å². The first-order valence-electron chi connectivity index (χ1n) is 11.3. The van der Waals surface area contributed by atoms with Gasteiger partial charge in [0.25, 0.3) is 0 Å². The fraction of sp³-hybridized carbons (Fsp3) is 0. The molecule has 0 heteroatoms. The average Bonchev–Trinajstić information content (AvgIpc) is 2.85. The molecule has 9 rings (SSSR count). The molecule has 0 radical (unpaired) electrons. The van der Waals surface area contributed by atoms with Crippen molar-refractivity contribution in [2.75, 3.05) is 0 Å². The lowest BCUT2D eigenvalue weighted by Crippen LogP contribution is -1.91. The van der Waals surface area contributed by atoms with Gasteiger partial charge >= 0.3 is 0 Å². The molecule has 0 aliphatic carbocycles. The van der Waals surface area contributed by atoms with Crippen LogP contribution in [0.4, 0.5) is 0 Å². The maximum Gasteiger partial charge on any atom is -0.00139 e. The van der Waals surface area contributed by atoms with E-state index >= 15 is 0 Å². The minimum Gasteiger partial charge on any atom is -0.0537 e. The summed E-state index contributed by atoms with van der Waals surface area (Å²) in [4.78, 5) is 0. The summed E-state index contributed by atoms with van der Waals surface area (Å²) in [6.07, 6.45) is 0. The minimum absolute atomic E-state index is 1.32. The predicted molar refractivity (Wildman–Crippen MR) is 140 cm³/mol. The van der Waals surface area contributed by atoms with E-state index in [-0.39, 0.29) is 0 Å². The van der Waals surface area contributed by atoms with Crippen molar-refractivity contribution in [1.29, 1.82) is 0 Å². The van der Waals surface area contributed by atoms with Crippen molar-refractivity contribution in [3.05, 3.63) is 97.1 Å². The molecule has 0 amide bonds. The van der Waals surface area contributed by atoms with Crippen molar-refractivity contribution in [3.8, 4) is 0 Å². The molecule has 0 N–H and O–H groups in total. The average molecular weight is 400 g/mol. The summed E-state index contributed by atoms with van der Waals surface area (Å²) in [5, 5.41) is 21.8. The standard InChI is InChI=1S/C32H16/c1-2-18-5-6-20-9-11-22-13-15-24-16-14-23-12-10-21-8-7-19-4-3-17(1)25-26(18)28(20)30(22)32(24)31(23)29(21)27(19)25/h1-16H. The van der Waals surface area contributed by atoms with Gasteiger partial charge in [-0.25, -0.2) is 0 Å². The van der Waals surface area contributed by atoms with Gasteiger partial charge < -0.3 is 0 Å².